The van der Waals surface area contributed by atoms with Gasteiger partial charge in [0.05, 0.1) is 12.2 Å². The molecule has 0 radical (unpaired) electrons. The van der Waals surface area contributed by atoms with Crippen LogP contribution in [-0.2, 0) is 19.2 Å². The van der Waals surface area contributed by atoms with E-state index >= 15 is 0 Å². The van der Waals surface area contributed by atoms with Gasteiger partial charge in [0.15, 0.2) is 0 Å². The minimum Gasteiger partial charge on any atom is -0.481 e. The van der Waals surface area contributed by atoms with E-state index in [1.807, 2.05) is 0 Å². The van der Waals surface area contributed by atoms with Gasteiger partial charge in [0.2, 0.25) is 17.7 Å². The van der Waals surface area contributed by atoms with Crippen molar-refractivity contribution in [3.63, 3.8) is 0 Å². The maximum Gasteiger partial charge on any atom is 0.305 e. The predicted molar refractivity (Wildman–Crippen MR) is 64.8 cm³/mol. The van der Waals surface area contributed by atoms with Crippen molar-refractivity contribution in [2.75, 3.05) is 5.75 Å². The number of thiol groups is 1. The molecule has 0 aromatic rings. The molecule has 9 heteroatoms. The number of amides is 3. The summed E-state index contributed by atoms with van der Waals surface area (Å²) in [6.45, 7) is 1.38. The molecule has 0 aliphatic heterocycles. The summed E-state index contributed by atoms with van der Waals surface area (Å²) in [5.74, 6) is -3.49. The van der Waals surface area contributed by atoms with Gasteiger partial charge in [0, 0.05) is 0 Å². The van der Waals surface area contributed by atoms with Crippen molar-refractivity contribution in [3.8, 4) is 0 Å². The third kappa shape index (κ3) is 6.09. The maximum atomic E-state index is 11.5. The number of carboxylic acid groups (broad SMARTS) is 1. The lowest BCUT2D eigenvalue weighted by Crippen LogP contribution is -2.52. The van der Waals surface area contributed by atoms with Crippen molar-refractivity contribution in [1.29, 1.82) is 0 Å². The number of carbonyl (C=O) groups excluding carboxylic acids is 3. The second kappa shape index (κ2) is 7.54. The van der Waals surface area contributed by atoms with E-state index in [1.165, 1.54) is 6.92 Å². The molecule has 0 fully saturated rings. The summed E-state index contributed by atoms with van der Waals surface area (Å²) >= 11 is 3.71. The number of hydrogen-bond donors (Lipinski definition) is 5. The number of hydrogen-bond acceptors (Lipinski definition) is 5. The summed E-state index contributed by atoms with van der Waals surface area (Å²) in [6, 6.07) is -2.23. The van der Waals surface area contributed by atoms with E-state index in [4.69, 9.17) is 10.8 Å². The summed E-state index contributed by atoms with van der Waals surface area (Å²) < 4.78 is 0. The van der Waals surface area contributed by atoms with E-state index < -0.39 is 42.2 Å². The van der Waals surface area contributed by atoms with Crippen molar-refractivity contribution in [2.24, 2.45) is 5.73 Å². The predicted octanol–water partition coefficient (Wildman–Crippen LogP) is -2.13. The van der Waals surface area contributed by atoms with Gasteiger partial charge in [-0.15, -0.1) is 0 Å². The molecule has 0 spiro atoms. The van der Waals surface area contributed by atoms with Crippen LogP contribution < -0.4 is 16.4 Å². The van der Waals surface area contributed by atoms with Gasteiger partial charge in [-0.05, 0) is 6.92 Å². The Bertz CT molecular complexity index is 360. The van der Waals surface area contributed by atoms with Crippen LogP contribution in [0.2, 0.25) is 0 Å². The number of nitrogens with one attached hydrogen (secondary N) is 2. The van der Waals surface area contributed by atoms with Crippen LogP contribution >= 0.6 is 12.6 Å². The molecule has 0 unspecified atom stereocenters. The van der Waals surface area contributed by atoms with Gasteiger partial charge in [-0.1, -0.05) is 0 Å². The normalized spacial score (nSPS) is 13.2. The first-order chi connectivity index (χ1) is 8.27. The van der Waals surface area contributed by atoms with Crippen LogP contribution in [0, 0.1) is 0 Å². The topological polar surface area (TPSA) is 139 Å². The first kappa shape index (κ1) is 16.2. The lowest BCUT2D eigenvalue weighted by molar-refractivity contribution is -0.140. The second-order valence-corrected chi connectivity index (χ2v) is 3.82. The molecule has 3 amide bonds. The fourth-order valence-corrected chi connectivity index (χ4v) is 1.14. The van der Waals surface area contributed by atoms with Gasteiger partial charge in [-0.2, -0.15) is 12.6 Å². The Balaban J connectivity index is 4.45. The minimum absolute atomic E-state index is 0.0913. The molecule has 2 atom stereocenters. The van der Waals surface area contributed by atoms with Gasteiger partial charge in [0.25, 0.3) is 0 Å². The van der Waals surface area contributed by atoms with Crippen LogP contribution in [0.25, 0.3) is 0 Å². The highest BCUT2D eigenvalue weighted by atomic mass is 32.1. The summed E-state index contributed by atoms with van der Waals surface area (Å²) in [6.07, 6.45) is -0.617. The fraction of sp³-hybridized carbons (Fsp3) is 0.556. The summed E-state index contributed by atoms with van der Waals surface area (Å²) in [5.41, 5.74) is 4.94. The average Bonchev–Trinajstić information content (AvgIpc) is 2.26. The van der Waals surface area contributed by atoms with Gasteiger partial charge in [0.1, 0.15) is 12.1 Å². The Hall–Kier alpha value is -1.77. The SMILES string of the molecule is C[C@H](NC(=O)CS)C(=O)N[C@@H](CC(=O)O)C(N)=O. The van der Waals surface area contributed by atoms with Gasteiger partial charge >= 0.3 is 5.97 Å². The number of rotatable bonds is 7. The van der Waals surface area contributed by atoms with E-state index in [1.54, 1.807) is 0 Å². The highest BCUT2D eigenvalue weighted by Crippen LogP contribution is 1.93. The number of carbonyl (C=O) groups is 4. The largest absolute Gasteiger partial charge is 0.481 e. The van der Waals surface area contributed by atoms with E-state index in [0.29, 0.717) is 0 Å². The Morgan fingerprint density at radius 3 is 2.22 bits per heavy atom. The van der Waals surface area contributed by atoms with Crippen LogP contribution in [0.3, 0.4) is 0 Å². The van der Waals surface area contributed by atoms with E-state index in [2.05, 4.69) is 23.3 Å². The lowest BCUT2D eigenvalue weighted by Gasteiger charge is -2.17. The molecule has 0 heterocycles. The highest BCUT2D eigenvalue weighted by Gasteiger charge is 2.24. The molecular formula is C9H15N3O5S. The molecule has 18 heavy (non-hydrogen) atoms. The first-order valence-corrected chi connectivity index (χ1v) is 5.62. The van der Waals surface area contributed by atoms with Crippen LogP contribution in [0.5, 0.6) is 0 Å². The fourth-order valence-electron chi connectivity index (χ4n) is 1.05. The number of aliphatic carboxylic acids is 1. The van der Waals surface area contributed by atoms with Crippen molar-refractivity contribution < 1.29 is 24.3 Å². The molecule has 0 aliphatic carbocycles. The quantitative estimate of drug-likeness (QED) is 0.338. The highest BCUT2D eigenvalue weighted by molar-refractivity contribution is 7.81. The molecule has 0 aromatic heterocycles. The van der Waals surface area contributed by atoms with E-state index in [0.717, 1.165) is 0 Å². The van der Waals surface area contributed by atoms with E-state index in [-0.39, 0.29) is 5.75 Å². The molecule has 5 N–H and O–H groups in total. The smallest absolute Gasteiger partial charge is 0.305 e. The molecule has 0 bridgehead atoms. The zero-order valence-corrected chi connectivity index (χ0v) is 10.6. The van der Waals surface area contributed by atoms with Crippen molar-refractivity contribution >= 4 is 36.3 Å². The standard InChI is InChI=1S/C9H15N3O5S/c1-4(11-6(13)3-18)9(17)12-5(8(10)16)2-7(14)15/h4-5,18H,2-3H2,1H3,(H2,10,16)(H,11,13)(H,12,17)(H,14,15)/t4-,5-/m0/s1. The molecule has 0 saturated carbocycles. The lowest BCUT2D eigenvalue weighted by atomic mass is 10.2. The molecule has 0 saturated heterocycles. The molecule has 0 rings (SSSR count). The molecule has 8 nitrogen and oxygen atoms in total. The summed E-state index contributed by atoms with van der Waals surface area (Å²) in [7, 11) is 0. The van der Waals surface area contributed by atoms with Crippen molar-refractivity contribution in [2.45, 2.75) is 25.4 Å². The van der Waals surface area contributed by atoms with Crippen molar-refractivity contribution in [1.82, 2.24) is 10.6 Å². The number of primary amides is 1. The summed E-state index contributed by atoms with van der Waals surface area (Å²) in [5, 5.41) is 13.0. The Labute approximate surface area is 109 Å². The Kier molecular flexibility index (Phi) is 6.79. The third-order valence-electron chi connectivity index (χ3n) is 1.95. The zero-order chi connectivity index (χ0) is 14.3. The Morgan fingerprint density at radius 2 is 1.83 bits per heavy atom. The number of nitrogens with two attached hydrogens (primary N) is 1. The minimum atomic E-state index is -1.31. The van der Waals surface area contributed by atoms with Crippen LogP contribution in [0.15, 0.2) is 0 Å². The van der Waals surface area contributed by atoms with Crippen LogP contribution in [0.4, 0.5) is 0 Å². The number of carboxylic acids is 1. The molecule has 0 aromatic carbocycles. The van der Waals surface area contributed by atoms with Crippen molar-refractivity contribution in [3.05, 3.63) is 0 Å². The van der Waals surface area contributed by atoms with Crippen LogP contribution in [-0.4, -0.2) is 46.6 Å². The average molecular weight is 277 g/mol. The third-order valence-corrected chi connectivity index (χ3v) is 2.24. The zero-order valence-electron chi connectivity index (χ0n) is 9.67. The van der Waals surface area contributed by atoms with Gasteiger partial charge in [-0.3, -0.25) is 19.2 Å². The van der Waals surface area contributed by atoms with Gasteiger partial charge < -0.3 is 21.5 Å². The van der Waals surface area contributed by atoms with E-state index in [9.17, 15) is 19.2 Å². The van der Waals surface area contributed by atoms with Crippen LogP contribution in [0.1, 0.15) is 13.3 Å². The molecule has 102 valence electrons. The first-order valence-electron chi connectivity index (χ1n) is 4.99. The monoisotopic (exact) mass is 277 g/mol. The molecule has 0 aliphatic rings. The Morgan fingerprint density at radius 1 is 1.28 bits per heavy atom. The maximum absolute atomic E-state index is 11.5. The molecular weight excluding hydrogens is 262 g/mol. The van der Waals surface area contributed by atoms with Gasteiger partial charge in [-0.25, -0.2) is 0 Å². The second-order valence-electron chi connectivity index (χ2n) is 3.51. The summed E-state index contributed by atoms with van der Waals surface area (Å²) in [4.78, 5) is 43.9.